The third-order valence-corrected chi connectivity index (χ3v) is 12.1. The lowest BCUT2D eigenvalue weighted by molar-refractivity contribution is 0.438. The second-order valence-electron chi connectivity index (χ2n) is 15.2. The Morgan fingerprint density at radius 1 is 0.456 bits per heavy atom. The Bertz CT molecular complexity index is 3100. The van der Waals surface area contributed by atoms with Gasteiger partial charge < -0.3 is 4.74 Å². The van der Waals surface area contributed by atoms with Crippen LogP contribution in [0.5, 0.6) is 11.5 Å². The SMILES string of the molecule is C1=Cc2cc(-c3cc(-c4cccc(-c5cccc6c5Oc5ccccc5C65c6ccccc6-c6ccccc65)c4)nc(-c4ccccc4)n3)cc3cccc(c23)C1. The number of benzene rings is 8. The van der Waals surface area contributed by atoms with Crippen molar-refractivity contribution in [1.82, 2.24) is 9.97 Å². The fourth-order valence-electron chi connectivity index (χ4n) is 9.71. The van der Waals surface area contributed by atoms with Crippen molar-refractivity contribution in [3.63, 3.8) is 0 Å². The van der Waals surface area contributed by atoms with Gasteiger partial charge in [-0.1, -0.05) is 164 Å². The quantitative estimate of drug-likeness (QED) is 0.181. The number of hydrogen-bond acceptors (Lipinski definition) is 3. The number of ether oxygens (including phenoxy) is 1. The van der Waals surface area contributed by atoms with E-state index >= 15 is 0 Å². The molecular formula is C54H34N2O. The van der Waals surface area contributed by atoms with Gasteiger partial charge in [0, 0.05) is 33.4 Å². The van der Waals surface area contributed by atoms with Gasteiger partial charge in [-0.25, -0.2) is 9.97 Å². The molecule has 0 saturated carbocycles. The Morgan fingerprint density at radius 2 is 1.09 bits per heavy atom. The zero-order valence-electron chi connectivity index (χ0n) is 31.0. The van der Waals surface area contributed by atoms with Crippen LogP contribution in [-0.2, 0) is 11.8 Å². The summed E-state index contributed by atoms with van der Waals surface area (Å²) in [6.45, 7) is 0. The highest BCUT2D eigenvalue weighted by atomic mass is 16.5. The Labute approximate surface area is 331 Å². The van der Waals surface area contributed by atoms with Crippen LogP contribution in [-0.4, -0.2) is 9.97 Å². The fourth-order valence-corrected chi connectivity index (χ4v) is 9.71. The summed E-state index contributed by atoms with van der Waals surface area (Å²) >= 11 is 0. The van der Waals surface area contributed by atoms with E-state index in [1.54, 1.807) is 0 Å². The molecule has 0 fully saturated rings. The standard InChI is InChI=1S/C54H34N2O/c1-2-14-35(15-3-1)53-55-48(33-49(56-53)40-31-38-20-10-16-34-17-11-21-39(32-40)51(34)38)37-19-12-18-36(30-37)41-24-13-28-47-52(41)57-50-29-9-8-27-46(50)54(47)44-25-6-4-22-42(44)43-23-5-7-26-45(43)54/h1-16,18-33H,17H2. The monoisotopic (exact) mass is 726 g/mol. The minimum atomic E-state index is -0.522. The molecule has 3 aliphatic rings. The van der Waals surface area contributed by atoms with Crippen LogP contribution in [0.1, 0.15) is 33.4 Å². The van der Waals surface area contributed by atoms with E-state index in [-0.39, 0.29) is 0 Å². The van der Waals surface area contributed by atoms with E-state index in [4.69, 9.17) is 14.7 Å². The van der Waals surface area contributed by atoms with Gasteiger partial charge in [0.15, 0.2) is 5.82 Å². The maximum absolute atomic E-state index is 7.02. The predicted octanol–water partition coefficient (Wildman–Crippen LogP) is 13.3. The summed E-state index contributed by atoms with van der Waals surface area (Å²) in [7, 11) is 0. The molecule has 2 aliphatic carbocycles. The third-order valence-electron chi connectivity index (χ3n) is 12.1. The minimum Gasteiger partial charge on any atom is -0.456 e. The second-order valence-corrected chi connectivity index (χ2v) is 15.2. The topological polar surface area (TPSA) is 35.0 Å². The first-order valence-electron chi connectivity index (χ1n) is 19.6. The van der Waals surface area contributed by atoms with Gasteiger partial charge in [-0.05, 0) is 86.5 Å². The van der Waals surface area contributed by atoms with Crippen molar-refractivity contribution >= 4 is 16.8 Å². The first kappa shape index (κ1) is 31.9. The predicted molar refractivity (Wildman–Crippen MR) is 231 cm³/mol. The maximum atomic E-state index is 7.02. The molecule has 266 valence electrons. The molecule has 0 radical (unpaired) electrons. The summed E-state index contributed by atoms with van der Waals surface area (Å²) in [5, 5.41) is 2.56. The summed E-state index contributed by atoms with van der Waals surface area (Å²) in [6, 6.07) is 65.2. The van der Waals surface area contributed by atoms with Crippen LogP contribution in [0, 0.1) is 0 Å². The summed E-state index contributed by atoms with van der Waals surface area (Å²) in [6.07, 6.45) is 5.46. The highest BCUT2D eigenvalue weighted by Gasteiger charge is 2.51. The van der Waals surface area contributed by atoms with Crippen LogP contribution < -0.4 is 4.74 Å². The molecule has 1 aromatic heterocycles. The second kappa shape index (κ2) is 12.3. The van der Waals surface area contributed by atoms with Crippen molar-refractivity contribution in [2.75, 3.05) is 0 Å². The molecule has 0 N–H and O–H groups in total. The number of hydrogen-bond donors (Lipinski definition) is 0. The first-order valence-corrected chi connectivity index (χ1v) is 19.6. The zero-order chi connectivity index (χ0) is 37.5. The summed E-state index contributed by atoms with van der Waals surface area (Å²) < 4.78 is 7.02. The normalized spacial score (nSPS) is 13.8. The highest BCUT2D eigenvalue weighted by molar-refractivity contribution is 5.98. The number of rotatable bonds is 4. The van der Waals surface area contributed by atoms with Crippen molar-refractivity contribution in [3.8, 4) is 67.7 Å². The van der Waals surface area contributed by atoms with Gasteiger partial charge in [0.05, 0.1) is 16.8 Å². The molecule has 0 unspecified atom stereocenters. The molecule has 9 aromatic rings. The van der Waals surface area contributed by atoms with Crippen molar-refractivity contribution in [1.29, 1.82) is 0 Å². The lowest BCUT2D eigenvalue weighted by atomic mass is 9.65. The smallest absolute Gasteiger partial charge is 0.160 e. The van der Waals surface area contributed by atoms with E-state index in [0.717, 1.165) is 68.3 Å². The molecule has 12 rings (SSSR count). The summed E-state index contributed by atoms with van der Waals surface area (Å²) in [5.41, 5.74) is 16.4. The van der Waals surface area contributed by atoms with Gasteiger partial charge in [-0.15, -0.1) is 0 Å². The summed E-state index contributed by atoms with van der Waals surface area (Å²) in [5.74, 6) is 2.46. The molecule has 1 aliphatic heterocycles. The van der Waals surface area contributed by atoms with Gasteiger partial charge in [0.1, 0.15) is 11.5 Å². The van der Waals surface area contributed by atoms with Crippen molar-refractivity contribution in [3.05, 3.63) is 221 Å². The molecule has 2 heterocycles. The van der Waals surface area contributed by atoms with Crippen LogP contribution in [0.4, 0.5) is 0 Å². The molecule has 3 nitrogen and oxygen atoms in total. The van der Waals surface area contributed by atoms with Gasteiger partial charge in [-0.2, -0.15) is 0 Å². The molecule has 3 heteroatoms. The molecule has 8 aromatic carbocycles. The van der Waals surface area contributed by atoms with Gasteiger partial charge in [0.2, 0.25) is 0 Å². The van der Waals surface area contributed by atoms with E-state index in [9.17, 15) is 0 Å². The number of para-hydroxylation sites is 2. The molecule has 57 heavy (non-hydrogen) atoms. The lowest BCUT2D eigenvalue weighted by Crippen LogP contribution is -2.32. The van der Waals surface area contributed by atoms with Crippen molar-refractivity contribution < 1.29 is 4.74 Å². The van der Waals surface area contributed by atoms with Crippen LogP contribution >= 0.6 is 0 Å². The number of allylic oxidation sites excluding steroid dienone is 1. The van der Waals surface area contributed by atoms with E-state index < -0.39 is 5.41 Å². The van der Waals surface area contributed by atoms with Crippen LogP contribution in [0.2, 0.25) is 0 Å². The first-order chi connectivity index (χ1) is 28.2. The maximum Gasteiger partial charge on any atom is 0.160 e. The zero-order valence-corrected chi connectivity index (χ0v) is 31.0. The molecule has 1 spiro atoms. The Morgan fingerprint density at radius 3 is 1.91 bits per heavy atom. The van der Waals surface area contributed by atoms with E-state index in [2.05, 4.69) is 176 Å². The van der Waals surface area contributed by atoms with Gasteiger partial charge >= 0.3 is 0 Å². The lowest BCUT2D eigenvalue weighted by Gasteiger charge is -2.40. The van der Waals surface area contributed by atoms with Crippen molar-refractivity contribution in [2.45, 2.75) is 11.8 Å². The van der Waals surface area contributed by atoms with E-state index in [0.29, 0.717) is 5.82 Å². The van der Waals surface area contributed by atoms with Crippen LogP contribution in [0.3, 0.4) is 0 Å². The Hall–Kier alpha value is -7.36. The van der Waals surface area contributed by atoms with E-state index in [1.807, 2.05) is 18.2 Å². The van der Waals surface area contributed by atoms with E-state index in [1.165, 1.54) is 44.2 Å². The molecular weight excluding hydrogens is 693 g/mol. The van der Waals surface area contributed by atoms with Crippen LogP contribution in [0.15, 0.2) is 188 Å². The minimum absolute atomic E-state index is 0.522. The average molecular weight is 727 g/mol. The number of aromatic nitrogens is 2. The molecule has 0 bridgehead atoms. The highest BCUT2D eigenvalue weighted by Crippen LogP contribution is 2.63. The van der Waals surface area contributed by atoms with Crippen molar-refractivity contribution in [2.24, 2.45) is 0 Å². The molecule has 0 saturated heterocycles. The summed E-state index contributed by atoms with van der Waals surface area (Å²) in [4.78, 5) is 10.4. The number of fused-ring (bicyclic) bond motifs is 9. The third kappa shape index (κ3) is 4.73. The van der Waals surface area contributed by atoms with Gasteiger partial charge in [0.25, 0.3) is 0 Å². The van der Waals surface area contributed by atoms with Gasteiger partial charge in [-0.3, -0.25) is 0 Å². The fraction of sp³-hybridized carbons (Fsp3) is 0.0370. The Kier molecular flexibility index (Phi) is 6.91. The number of nitrogens with zero attached hydrogens (tertiary/aromatic N) is 2. The Balaban J connectivity index is 1.05. The van der Waals surface area contributed by atoms with Crippen LogP contribution in [0.25, 0.3) is 73.0 Å². The molecule has 0 atom stereocenters. The average Bonchev–Trinajstić information content (AvgIpc) is 3.57. The largest absolute Gasteiger partial charge is 0.456 e. The molecule has 0 amide bonds.